The fourth-order valence-electron chi connectivity index (χ4n) is 2.53. The Morgan fingerprint density at radius 3 is 2.95 bits per heavy atom. The van der Waals surface area contributed by atoms with E-state index in [0.717, 1.165) is 30.2 Å². The Morgan fingerprint density at radius 2 is 2.16 bits per heavy atom. The van der Waals surface area contributed by atoms with Crippen LogP contribution in [0.15, 0.2) is 0 Å². The molecule has 0 atom stereocenters. The fraction of sp³-hybridized carbons (Fsp3) is 0.857. The van der Waals surface area contributed by atoms with Crippen LogP contribution < -0.4 is 5.32 Å². The van der Waals surface area contributed by atoms with Crippen molar-refractivity contribution in [3.63, 3.8) is 0 Å². The molecule has 0 radical (unpaired) electrons. The first kappa shape index (κ1) is 14.7. The second-order valence-corrected chi connectivity index (χ2v) is 7.02. The van der Waals surface area contributed by atoms with Gasteiger partial charge in [-0.1, -0.05) is 25.3 Å². The zero-order valence-corrected chi connectivity index (χ0v) is 13.2. The van der Waals surface area contributed by atoms with Gasteiger partial charge in [0.2, 0.25) is 0 Å². The van der Waals surface area contributed by atoms with E-state index >= 15 is 0 Å². The van der Waals surface area contributed by atoms with E-state index in [1.807, 2.05) is 0 Å². The van der Waals surface area contributed by atoms with Crippen LogP contribution in [0.2, 0.25) is 0 Å². The predicted molar refractivity (Wildman–Crippen MR) is 81.6 cm³/mol. The highest BCUT2D eigenvalue weighted by molar-refractivity contribution is 7.10. The van der Waals surface area contributed by atoms with Crippen LogP contribution in [0.5, 0.6) is 0 Å². The van der Waals surface area contributed by atoms with E-state index in [1.54, 1.807) is 0 Å². The second kappa shape index (κ2) is 6.66. The van der Waals surface area contributed by atoms with Crippen molar-refractivity contribution in [1.82, 2.24) is 14.5 Å². The van der Waals surface area contributed by atoms with Gasteiger partial charge < -0.3 is 5.32 Å². The Balaban J connectivity index is 1.92. The molecule has 1 aromatic rings. The largest absolute Gasteiger partial charge is 0.374 e. The van der Waals surface area contributed by atoms with Crippen LogP contribution >= 0.6 is 11.5 Å². The third kappa shape index (κ3) is 4.42. The Kier molecular flexibility index (Phi) is 5.16. The zero-order valence-electron chi connectivity index (χ0n) is 12.4. The van der Waals surface area contributed by atoms with Gasteiger partial charge in [0.25, 0.3) is 0 Å². The molecule has 1 fully saturated rings. The van der Waals surface area contributed by atoms with Crippen LogP contribution in [-0.4, -0.2) is 34.1 Å². The van der Waals surface area contributed by atoms with Crippen molar-refractivity contribution in [3.05, 3.63) is 5.69 Å². The van der Waals surface area contributed by atoms with Crippen LogP contribution in [0, 0.1) is 5.41 Å². The molecule has 0 aliphatic carbocycles. The SMILES string of the molecule is CCCNc1snnc1CN1CCCC(C)(C)CC1. The number of anilines is 1. The molecule has 1 N–H and O–H groups in total. The molecule has 1 aromatic heterocycles. The van der Waals surface area contributed by atoms with Crippen molar-refractivity contribution in [1.29, 1.82) is 0 Å². The summed E-state index contributed by atoms with van der Waals surface area (Å²) in [5.74, 6) is 0. The third-order valence-electron chi connectivity index (χ3n) is 3.90. The molecule has 1 aliphatic rings. The van der Waals surface area contributed by atoms with Gasteiger partial charge in [-0.3, -0.25) is 4.90 Å². The van der Waals surface area contributed by atoms with Crippen LogP contribution in [0.3, 0.4) is 0 Å². The average Bonchev–Trinajstić information content (AvgIpc) is 2.72. The maximum atomic E-state index is 4.29. The smallest absolute Gasteiger partial charge is 0.134 e. The highest BCUT2D eigenvalue weighted by atomic mass is 32.1. The molecule has 2 rings (SSSR count). The molecule has 0 aromatic carbocycles. The first-order valence-corrected chi connectivity index (χ1v) is 8.15. The van der Waals surface area contributed by atoms with E-state index < -0.39 is 0 Å². The standard InChI is InChI=1S/C14H26N4S/c1-4-8-15-13-12(16-17-19-13)11-18-9-5-6-14(2,3)7-10-18/h15H,4-11H2,1-3H3. The van der Waals surface area contributed by atoms with Crippen LogP contribution in [0.25, 0.3) is 0 Å². The van der Waals surface area contributed by atoms with Crippen LogP contribution in [-0.2, 0) is 6.54 Å². The minimum absolute atomic E-state index is 0.498. The Labute approximate surface area is 120 Å². The molecule has 108 valence electrons. The quantitative estimate of drug-likeness (QED) is 0.899. The summed E-state index contributed by atoms with van der Waals surface area (Å²) < 4.78 is 4.10. The van der Waals surface area contributed by atoms with Gasteiger partial charge in [-0.15, -0.1) is 5.10 Å². The minimum Gasteiger partial charge on any atom is -0.374 e. The number of nitrogens with zero attached hydrogens (tertiary/aromatic N) is 3. The lowest BCUT2D eigenvalue weighted by Gasteiger charge is -2.23. The summed E-state index contributed by atoms with van der Waals surface area (Å²) in [5, 5.41) is 8.88. The van der Waals surface area contributed by atoms with Crippen molar-refractivity contribution >= 4 is 16.5 Å². The van der Waals surface area contributed by atoms with E-state index in [1.165, 1.54) is 43.9 Å². The molecule has 0 unspecified atom stereocenters. The lowest BCUT2D eigenvalue weighted by Crippen LogP contribution is -2.25. The maximum absolute atomic E-state index is 4.29. The molecule has 5 heteroatoms. The summed E-state index contributed by atoms with van der Waals surface area (Å²) in [6, 6.07) is 0. The predicted octanol–water partition coefficient (Wildman–Crippen LogP) is 3.37. The summed E-state index contributed by atoms with van der Waals surface area (Å²) in [4.78, 5) is 2.53. The highest BCUT2D eigenvalue weighted by Gasteiger charge is 2.23. The third-order valence-corrected chi connectivity index (χ3v) is 4.62. The van der Waals surface area contributed by atoms with Gasteiger partial charge in [0.15, 0.2) is 0 Å². The molecular formula is C14H26N4S. The lowest BCUT2D eigenvalue weighted by atomic mass is 9.85. The molecule has 0 bridgehead atoms. The van der Waals surface area contributed by atoms with E-state index in [9.17, 15) is 0 Å². The molecular weight excluding hydrogens is 256 g/mol. The van der Waals surface area contributed by atoms with Gasteiger partial charge in [-0.2, -0.15) is 0 Å². The van der Waals surface area contributed by atoms with Gasteiger partial charge in [-0.05, 0) is 44.2 Å². The number of hydrogen-bond donors (Lipinski definition) is 1. The molecule has 19 heavy (non-hydrogen) atoms. The highest BCUT2D eigenvalue weighted by Crippen LogP contribution is 2.30. The van der Waals surface area contributed by atoms with E-state index in [0.29, 0.717) is 5.41 Å². The Bertz CT molecular complexity index is 389. The van der Waals surface area contributed by atoms with Gasteiger partial charge >= 0.3 is 0 Å². The van der Waals surface area contributed by atoms with Crippen LogP contribution in [0.1, 0.15) is 52.1 Å². The number of rotatable bonds is 5. The van der Waals surface area contributed by atoms with Crippen molar-refractivity contribution in [2.24, 2.45) is 5.41 Å². The molecule has 0 saturated carbocycles. The summed E-state index contributed by atoms with van der Waals surface area (Å²) in [5.41, 5.74) is 1.62. The van der Waals surface area contributed by atoms with Gasteiger partial charge in [-0.25, -0.2) is 0 Å². The molecule has 1 aliphatic heterocycles. The Hall–Kier alpha value is -0.680. The molecule has 0 amide bonds. The average molecular weight is 282 g/mol. The maximum Gasteiger partial charge on any atom is 0.134 e. The molecule has 4 nitrogen and oxygen atoms in total. The molecule has 0 spiro atoms. The second-order valence-electron chi connectivity index (χ2n) is 6.27. The monoisotopic (exact) mass is 282 g/mol. The zero-order chi connectivity index (χ0) is 13.7. The van der Waals surface area contributed by atoms with E-state index in [2.05, 4.69) is 40.6 Å². The molecule has 1 saturated heterocycles. The van der Waals surface area contributed by atoms with Crippen molar-refractivity contribution in [3.8, 4) is 0 Å². The normalized spacial score (nSPS) is 20.2. The lowest BCUT2D eigenvalue weighted by molar-refractivity contribution is 0.253. The van der Waals surface area contributed by atoms with Crippen molar-refractivity contribution < 1.29 is 0 Å². The minimum atomic E-state index is 0.498. The first-order valence-electron chi connectivity index (χ1n) is 7.38. The number of likely N-dealkylation sites (tertiary alicyclic amines) is 1. The van der Waals surface area contributed by atoms with E-state index in [4.69, 9.17) is 0 Å². The number of nitrogens with one attached hydrogen (secondary N) is 1. The molecule has 2 heterocycles. The Morgan fingerprint density at radius 1 is 1.32 bits per heavy atom. The van der Waals surface area contributed by atoms with Crippen LogP contribution in [0.4, 0.5) is 5.00 Å². The number of hydrogen-bond acceptors (Lipinski definition) is 5. The summed E-state index contributed by atoms with van der Waals surface area (Å²) in [6.07, 6.45) is 5.04. The summed E-state index contributed by atoms with van der Waals surface area (Å²) in [6.45, 7) is 11.3. The van der Waals surface area contributed by atoms with Gasteiger partial charge in [0.05, 0.1) is 0 Å². The van der Waals surface area contributed by atoms with Gasteiger partial charge in [0.1, 0.15) is 10.7 Å². The number of aromatic nitrogens is 2. The van der Waals surface area contributed by atoms with Crippen molar-refractivity contribution in [2.75, 3.05) is 25.0 Å². The van der Waals surface area contributed by atoms with E-state index in [-0.39, 0.29) is 0 Å². The first-order chi connectivity index (χ1) is 9.11. The summed E-state index contributed by atoms with van der Waals surface area (Å²) >= 11 is 1.48. The summed E-state index contributed by atoms with van der Waals surface area (Å²) in [7, 11) is 0. The van der Waals surface area contributed by atoms with Crippen molar-refractivity contribution in [2.45, 2.75) is 53.0 Å². The van der Waals surface area contributed by atoms with Gasteiger partial charge in [0, 0.05) is 24.6 Å². The topological polar surface area (TPSA) is 41.1 Å². The fourth-order valence-corrected chi connectivity index (χ4v) is 3.13.